The van der Waals surface area contributed by atoms with Gasteiger partial charge in [0, 0.05) is 38.3 Å². The summed E-state index contributed by atoms with van der Waals surface area (Å²) in [7, 11) is 0. The Labute approximate surface area is 178 Å². The first-order valence-corrected chi connectivity index (χ1v) is 10.4. The monoisotopic (exact) mass is 414 g/mol. The molecule has 5 nitrogen and oxygen atoms in total. The van der Waals surface area contributed by atoms with Gasteiger partial charge in [0.1, 0.15) is 24.3 Å². The zero-order chi connectivity index (χ0) is 21.8. The number of halogens is 1. The summed E-state index contributed by atoms with van der Waals surface area (Å²) >= 11 is 0. The number of carbonyl (C=O) groups excluding carboxylic acids is 1. The van der Waals surface area contributed by atoms with Crippen LogP contribution >= 0.6 is 0 Å². The second kappa shape index (κ2) is 9.58. The second-order valence-electron chi connectivity index (χ2n) is 8.13. The summed E-state index contributed by atoms with van der Waals surface area (Å²) in [5, 5.41) is 10.5. The van der Waals surface area contributed by atoms with Crippen LogP contribution in [-0.2, 0) is 0 Å². The van der Waals surface area contributed by atoms with Crippen LogP contribution in [0.2, 0.25) is 0 Å². The van der Waals surface area contributed by atoms with Gasteiger partial charge in [-0.3, -0.25) is 9.69 Å². The summed E-state index contributed by atoms with van der Waals surface area (Å²) in [5.41, 5.74) is 4.25. The number of Topliss-reactive ketones (excluding diaryl/α,β-unsaturated/α-hetero) is 1. The minimum Gasteiger partial charge on any atom is -0.490 e. The number of ether oxygens (including phenoxy) is 1. The molecule has 1 aliphatic heterocycles. The molecule has 0 aliphatic carbocycles. The lowest BCUT2D eigenvalue weighted by Crippen LogP contribution is -2.49. The molecule has 0 spiro atoms. The molecule has 1 N–H and O–H groups in total. The van der Waals surface area contributed by atoms with Crippen molar-refractivity contribution in [1.82, 2.24) is 4.90 Å². The van der Waals surface area contributed by atoms with Crippen LogP contribution in [0.5, 0.6) is 5.75 Å². The molecule has 30 heavy (non-hydrogen) atoms. The van der Waals surface area contributed by atoms with Crippen molar-refractivity contribution in [1.29, 1.82) is 0 Å². The number of rotatable bonds is 7. The largest absolute Gasteiger partial charge is 0.490 e. The number of aryl methyl sites for hydroxylation is 2. The van der Waals surface area contributed by atoms with Crippen LogP contribution in [0, 0.1) is 26.6 Å². The van der Waals surface area contributed by atoms with E-state index in [9.17, 15) is 14.3 Å². The average molecular weight is 415 g/mol. The highest BCUT2D eigenvalue weighted by Gasteiger charge is 2.22. The van der Waals surface area contributed by atoms with E-state index in [0.717, 1.165) is 30.0 Å². The van der Waals surface area contributed by atoms with Crippen molar-refractivity contribution in [2.45, 2.75) is 33.8 Å². The van der Waals surface area contributed by atoms with Crippen molar-refractivity contribution in [2.24, 2.45) is 0 Å². The highest BCUT2D eigenvalue weighted by Crippen LogP contribution is 2.26. The molecule has 1 unspecified atom stereocenters. The number of nitrogens with zero attached hydrogens (tertiary/aromatic N) is 2. The summed E-state index contributed by atoms with van der Waals surface area (Å²) < 4.78 is 20.3. The van der Waals surface area contributed by atoms with Crippen LogP contribution in [0.1, 0.15) is 34.0 Å². The fraction of sp³-hybridized carbons (Fsp3) is 0.458. The number of aliphatic hydroxyl groups is 1. The maximum atomic E-state index is 14.4. The maximum absolute atomic E-state index is 14.4. The summed E-state index contributed by atoms with van der Waals surface area (Å²) in [5.74, 6) is 0.342. The Balaban J connectivity index is 1.50. The third kappa shape index (κ3) is 5.18. The second-order valence-corrected chi connectivity index (χ2v) is 8.13. The molecule has 1 aliphatic rings. The number of β-amino-alcohol motifs (C(OH)–C–C–N with tert-alkyl or cyclic N) is 1. The fourth-order valence-corrected chi connectivity index (χ4v) is 3.83. The standard InChI is InChI=1S/C24H31FN2O3/c1-16-5-6-17(2)24(18(16)3)30-15-21(29)14-26-9-11-27(12-10-26)23-8-7-20(19(4)28)13-22(23)25/h5-8,13,21,29H,9-12,14-15H2,1-4H3. The topological polar surface area (TPSA) is 53.0 Å². The van der Waals surface area contributed by atoms with Gasteiger partial charge in [0.2, 0.25) is 0 Å². The summed E-state index contributed by atoms with van der Waals surface area (Å²) in [6.45, 7) is 11.1. The summed E-state index contributed by atoms with van der Waals surface area (Å²) in [6.07, 6.45) is -0.595. The first-order valence-electron chi connectivity index (χ1n) is 10.4. The molecule has 1 saturated heterocycles. The van der Waals surface area contributed by atoms with E-state index >= 15 is 0 Å². The normalized spacial score (nSPS) is 15.9. The summed E-state index contributed by atoms with van der Waals surface area (Å²) in [4.78, 5) is 15.6. The van der Waals surface area contributed by atoms with Crippen LogP contribution in [0.25, 0.3) is 0 Å². The molecule has 162 valence electrons. The van der Waals surface area contributed by atoms with Gasteiger partial charge in [-0.2, -0.15) is 0 Å². The molecular formula is C24H31FN2O3. The quantitative estimate of drug-likeness (QED) is 0.703. The number of benzene rings is 2. The van der Waals surface area contributed by atoms with E-state index in [1.807, 2.05) is 31.7 Å². The smallest absolute Gasteiger partial charge is 0.159 e. The Morgan fingerprint density at radius 3 is 2.40 bits per heavy atom. The van der Waals surface area contributed by atoms with Crippen molar-refractivity contribution in [3.8, 4) is 5.75 Å². The predicted octanol–water partition coefficient (Wildman–Crippen LogP) is 3.52. The Hall–Kier alpha value is -2.44. The number of piperazine rings is 1. The minimum absolute atomic E-state index is 0.141. The molecule has 1 fully saturated rings. The number of ketones is 1. The highest BCUT2D eigenvalue weighted by atomic mass is 19.1. The van der Waals surface area contributed by atoms with Gasteiger partial charge in [-0.25, -0.2) is 4.39 Å². The van der Waals surface area contributed by atoms with Crippen molar-refractivity contribution in [3.63, 3.8) is 0 Å². The van der Waals surface area contributed by atoms with Crippen LogP contribution in [0.3, 0.4) is 0 Å². The zero-order valence-corrected chi connectivity index (χ0v) is 18.2. The Morgan fingerprint density at radius 1 is 1.10 bits per heavy atom. The van der Waals surface area contributed by atoms with Gasteiger partial charge >= 0.3 is 0 Å². The van der Waals surface area contributed by atoms with Crippen molar-refractivity contribution in [3.05, 3.63) is 58.4 Å². The van der Waals surface area contributed by atoms with E-state index in [0.29, 0.717) is 30.9 Å². The van der Waals surface area contributed by atoms with E-state index < -0.39 is 6.10 Å². The molecule has 0 aromatic heterocycles. The van der Waals surface area contributed by atoms with Crippen LogP contribution < -0.4 is 9.64 Å². The molecule has 0 bridgehead atoms. The maximum Gasteiger partial charge on any atom is 0.159 e. The van der Waals surface area contributed by atoms with E-state index in [4.69, 9.17) is 4.74 Å². The van der Waals surface area contributed by atoms with Crippen LogP contribution in [0.4, 0.5) is 10.1 Å². The van der Waals surface area contributed by atoms with Gasteiger partial charge in [-0.05, 0) is 62.6 Å². The molecule has 1 heterocycles. The Kier molecular flexibility index (Phi) is 7.10. The Morgan fingerprint density at radius 2 is 1.77 bits per heavy atom. The molecule has 2 aromatic rings. The van der Waals surface area contributed by atoms with Gasteiger partial charge in [0.25, 0.3) is 0 Å². The number of carbonyl (C=O) groups is 1. The molecule has 0 saturated carbocycles. The molecule has 6 heteroatoms. The number of hydrogen-bond acceptors (Lipinski definition) is 5. The highest BCUT2D eigenvalue weighted by molar-refractivity contribution is 5.94. The molecule has 0 amide bonds. The minimum atomic E-state index is -0.595. The van der Waals surface area contributed by atoms with E-state index in [1.54, 1.807) is 12.1 Å². The number of anilines is 1. The first kappa shape index (κ1) is 22.2. The van der Waals surface area contributed by atoms with Crippen molar-refractivity contribution < 1.29 is 19.0 Å². The zero-order valence-electron chi connectivity index (χ0n) is 18.2. The average Bonchev–Trinajstić information content (AvgIpc) is 2.71. The summed E-state index contributed by atoms with van der Waals surface area (Å²) in [6, 6.07) is 8.76. The van der Waals surface area contributed by atoms with Crippen LogP contribution in [-0.4, -0.2) is 61.2 Å². The van der Waals surface area contributed by atoms with Crippen molar-refractivity contribution >= 4 is 11.5 Å². The van der Waals surface area contributed by atoms with E-state index in [1.165, 1.54) is 18.6 Å². The lowest BCUT2D eigenvalue weighted by molar-refractivity contribution is 0.0658. The van der Waals surface area contributed by atoms with Crippen molar-refractivity contribution in [2.75, 3.05) is 44.2 Å². The fourth-order valence-electron chi connectivity index (χ4n) is 3.83. The molecule has 2 aromatic carbocycles. The molecule has 3 rings (SSSR count). The third-order valence-corrected chi connectivity index (χ3v) is 5.83. The van der Waals surface area contributed by atoms with Gasteiger partial charge in [-0.1, -0.05) is 12.1 Å². The van der Waals surface area contributed by atoms with E-state index in [-0.39, 0.29) is 18.2 Å². The molecule has 0 radical (unpaired) electrons. The lowest BCUT2D eigenvalue weighted by Gasteiger charge is -2.37. The van der Waals surface area contributed by atoms with Gasteiger partial charge in [-0.15, -0.1) is 0 Å². The van der Waals surface area contributed by atoms with Gasteiger partial charge in [0.15, 0.2) is 5.78 Å². The van der Waals surface area contributed by atoms with Gasteiger partial charge < -0.3 is 14.7 Å². The SMILES string of the molecule is CC(=O)c1ccc(N2CCN(CC(O)COc3c(C)ccc(C)c3C)CC2)c(F)c1. The first-order chi connectivity index (χ1) is 14.3. The van der Waals surface area contributed by atoms with Crippen LogP contribution in [0.15, 0.2) is 30.3 Å². The number of aliphatic hydroxyl groups excluding tert-OH is 1. The van der Waals surface area contributed by atoms with E-state index in [2.05, 4.69) is 11.0 Å². The molecular weight excluding hydrogens is 383 g/mol. The lowest BCUT2D eigenvalue weighted by atomic mass is 10.1. The third-order valence-electron chi connectivity index (χ3n) is 5.83. The predicted molar refractivity (Wildman–Crippen MR) is 117 cm³/mol. The Bertz CT molecular complexity index is 908. The molecule has 1 atom stereocenters. The van der Waals surface area contributed by atoms with Gasteiger partial charge in [0.05, 0.1) is 5.69 Å². The number of hydrogen-bond donors (Lipinski definition) is 1.